The molecule has 2 nitrogen and oxygen atoms in total. The van der Waals surface area contributed by atoms with Crippen molar-refractivity contribution in [2.75, 3.05) is 0 Å². The molecule has 0 amide bonds. The molecule has 16 heavy (non-hydrogen) atoms. The van der Waals surface area contributed by atoms with Crippen molar-refractivity contribution in [3.63, 3.8) is 0 Å². The van der Waals surface area contributed by atoms with E-state index in [0.29, 0.717) is 17.4 Å². The normalized spacial score (nSPS) is 18.0. The van der Waals surface area contributed by atoms with Crippen LogP contribution in [-0.2, 0) is 0 Å². The average molecular weight is 220 g/mol. The molecule has 1 fully saturated rings. The van der Waals surface area contributed by atoms with Crippen molar-refractivity contribution in [3.8, 4) is 0 Å². The van der Waals surface area contributed by atoms with Gasteiger partial charge in [0.1, 0.15) is 11.7 Å². The van der Waals surface area contributed by atoms with Gasteiger partial charge in [0.25, 0.3) is 0 Å². The van der Waals surface area contributed by atoms with Crippen LogP contribution in [-0.4, -0.2) is 5.84 Å². The maximum atomic E-state index is 13.1. The van der Waals surface area contributed by atoms with Crippen molar-refractivity contribution in [1.82, 2.24) is 0 Å². The zero-order valence-electron chi connectivity index (χ0n) is 9.54. The molecule has 1 aliphatic rings. The first kappa shape index (κ1) is 11.1. The summed E-state index contributed by atoms with van der Waals surface area (Å²) in [7, 11) is 0. The number of rotatable bonds is 2. The maximum absolute atomic E-state index is 13.1. The minimum atomic E-state index is -0.261. The molecule has 2 N–H and O–H groups in total. The molecule has 0 radical (unpaired) electrons. The second-order valence-electron chi connectivity index (χ2n) is 4.45. The molecule has 1 aromatic carbocycles. The Morgan fingerprint density at radius 1 is 1.38 bits per heavy atom. The van der Waals surface area contributed by atoms with E-state index >= 15 is 0 Å². The minimum absolute atomic E-state index is 0.261. The Morgan fingerprint density at radius 2 is 2.06 bits per heavy atom. The van der Waals surface area contributed by atoms with Gasteiger partial charge in [0.15, 0.2) is 0 Å². The first-order valence-electron chi connectivity index (χ1n) is 5.77. The molecule has 0 saturated heterocycles. The van der Waals surface area contributed by atoms with Crippen molar-refractivity contribution in [2.45, 2.75) is 32.6 Å². The van der Waals surface area contributed by atoms with Gasteiger partial charge in [-0.2, -0.15) is 0 Å². The molecule has 0 bridgehead atoms. The molecule has 86 valence electrons. The highest BCUT2D eigenvalue weighted by Gasteiger charge is 2.18. The molecule has 0 aliphatic heterocycles. The number of aliphatic imine (C=N–C) groups is 1. The van der Waals surface area contributed by atoms with Crippen LogP contribution in [0.4, 0.5) is 10.1 Å². The summed E-state index contributed by atoms with van der Waals surface area (Å²) in [5.74, 6) is 0.789. The summed E-state index contributed by atoms with van der Waals surface area (Å²) in [5, 5.41) is 0. The predicted molar refractivity (Wildman–Crippen MR) is 64.4 cm³/mol. The van der Waals surface area contributed by atoms with Gasteiger partial charge in [0, 0.05) is 5.92 Å². The van der Waals surface area contributed by atoms with E-state index in [0.717, 1.165) is 18.4 Å². The predicted octanol–water partition coefficient (Wildman–Crippen LogP) is 3.31. The van der Waals surface area contributed by atoms with Crippen LogP contribution < -0.4 is 5.73 Å². The third kappa shape index (κ3) is 2.40. The molecular weight excluding hydrogens is 203 g/mol. The molecule has 1 aromatic rings. The van der Waals surface area contributed by atoms with Gasteiger partial charge in [-0.1, -0.05) is 18.9 Å². The summed E-state index contributed by atoms with van der Waals surface area (Å²) in [5.41, 5.74) is 7.57. The van der Waals surface area contributed by atoms with Gasteiger partial charge in [-0.15, -0.1) is 0 Å². The van der Waals surface area contributed by atoms with Crippen LogP contribution in [0.15, 0.2) is 23.2 Å². The zero-order chi connectivity index (χ0) is 11.5. The second kappa shape index (κ2) is 4.64. The highest BCUT2D eigenvalue weighted by Crippen LogP contribution is 2.27. The Morgan fingerprint density at radius 3 is 2.75 bits per heavy atom. The molecule has 1 saturated carbocycles. The monoisotopic (exact) mass is 220 g/mol. The lowest BCUT2D eigenvalue weighted by molar-refractivity contribution is 0.627. The summed E-state index contributed by atoms with van der Waals surface area (Å²) in [6.45, 7) is 1.92. The standard InChI is InChI=1S/C13H17FN2/c1-9-6-7-11(14)8-12(9)16-13(15)10-4-2-3-5-10/h6-8,10H,2-5H2,1H3,(H2,15,16). The highest BCUT2D eigenvalue weighted by molar-refractivity contribution is 5.85. The van der Waals surface area contributed by atoms with E-state index in [-0.39, 0.29) is 5.82 Å². The molecule has 2 rings (SSSR count). The van der Waals surface area contributed by atoms with Crippen LogP contribution in [0.25, 0.3) is 0 Å². The third-order valence-electron chi connectivity index (χ3n) is 3.19. The van der Waals surface area contributed by atoms with Gasteiger partial charge >= 0.3 is 0 Å². The fraction of sp³-hybridized carbons (Fsp3) is 0.462. The van der Waals surface area contributed by atoms with Crippen molar-refractivity contribution < 1.29 is 4.39 Å². The van der Waals surface area contributed by atoms with Gasteiger partial charge in [-0.3, -0.25) is 0 Å². The van der Waals surface area contributed by atoms with Crippen molar-refractivity contribution in [2.24, 2.45) is 16.6 Å². The smallest absolute Gasteiger partial charge is 0.125 e. The fourth-order valence-corrected chi connectivity index (χ4v) is 2.15. The van der Waals surface area contributed by atoms with E-state index in [1.54, 1.807) is 6.07 Å². The number of nitrogens with zero attached hydrogens (tertiary/aromatic N) is 1. The number of halogens is 1. The van der Waals surface area contributed by atoms with E-state index < -0.39 is 0 Å². The Balaban J connectivity index is 2.23. The molecule has 0 heterocycles. The minimum Gasteiger partial charge on any atom is -0.387 e. The molecule has 0 spiro atoms. The number of hydrogen-bond donors (Lipinski definition) is 1. The Bertz CT molecular complexity index is 406. The van der Waals surface area contributed by atoms with Crippen LogP contribution in [0.2, 0.25) is 0 Å². The van der Waals surface area contributed by atoms with Crippen LogP contribution >= 0.6 is 0 Å². The van der Waals surface area contributed by atoms with Crippen LogP contribution in [0.1, 0.15) is 31.2 Å². The Kier molecular flexibility index (Phi) is 3.22. The van der Waals surface area contributed by atoms with Gasteiger partial charge in [0.05, 0.1) is 5.69 Å². The first-order chi connectivity index (χ1) is 7.66. The summed E-state index contributed by atoms with van der Waals surface area (Å²) in [6, 6.07) is 4.62. The lowest BCUT2D eigenvalue weighted by atomic mass is 10.1. The topological polar surface area (TPSA) is 38.4 Å². The van der Waals surface area contributed by atoms with Gasteiger partial charge < -0.3 is 5.73 Å². The highest BCUT2D eigenvalue weighted by atomic mass is 19.1. The van der Waals surface area contributed by atoms with Gasteiger partial charge in [-0.05, 0) is 37.5 Å². The largest absolute Gasteiger partial charge is 0.387 e. The van der Waals surface area contributed by atoms with E-state index in [4.69, 9.17) is 5.73 Å². The summed E-state index contributed by atoms with van der Waals surface area (Å²) in [4.78, 5) is 4.36. The quantitative estimate of drug-likeness (QED) is 0.602. The van der Waals surface area contributed by atoms with E-state index in [1.165, 1.54) is 25.0 Å². The lowest BCUT2D eigenvalue weighted by Crippen LogP contribution is -2.20. The summed E-state index contributed by atoms with van der Waals surface area (Å²) in [6.07, 6.45) is 4.68. The van der Waals surface area contributed by atoms with Crippen LogP contribution in [0, 0.1) is 18.7 Å². The Hall–Kier alpha value is -1.38. The van der Waals surface area contributed by atoms with Gasteiger partial charge in [-0.25, -0.2) is 9.38 Å². The van der Waals surface area contributed by atoms with Crippen LogP contribution in [0.5, 0.6) is 0 Å². The number of hydrogen-bond acceptors (Lipinski definition) is 1. The number of aryl methyl sites for hydroxylation is 1. The molecule has 3 heteroatoms. The average Bonchev–Trinajstić information content (AvgIpc) is 2.76. The summed E-state index contributed by atoms with van der Waals surface area (Å²) >= 11 is 0. The lowest BCUT2D eigenvalue weighted by Gasteiger charge is -2.09. The number of benzene rings is 1. The van der Waals surface area contributed by atoms with Crippen molar-refractivity contribution in [1.29, 1.82) is 0 Å². The SMILES string of the molecule is Cc1ccc(F)cc1N=C(N)C1CCCC1. The Labute approximate surface area is 95.4 Å². The number of nitrogens with two attached hydrogens (primary N) is 1. The molecule has 1 aliphatic carbocycles. The fourth-order valence-electron chi connectivity index (χ4n) is 2.15. The van der Waals surface area contributed by atoms with Gasteiger partial charge in [0.2, 0.25) is 0 Å². The zero-order valence-corrected chi connectivity index (χ0v) is 9.54. The van der Waals surface area contributed by atoms with E-state index in [1.807, 2.05) is 6.92 Å². The summed E-state index contributed by atoms with van der Waals surface area (Å²) < 4.78 is 13.1. The first-order valence-corrected chi connectivity index (χ1v) is 5.77. The maximum Gasteiger partial charge on any atom is 0.125 e. The van der Waals surface area contributed by atoms with Crippen molar-refractivity contribution >= 4 is 11.5 Å². The van der Waals surface area contributed by atoms with Crippen LogP contribution in [0.3, 0.4) is 0 Å². The molecule has 0 atom stereocenters. The molecular formula is C13H17FN2. The third-order valence-corrected chi connectivity index (χ3v) is 3.19. The number of amidine groups is 1. The van der Waals surface area contributed by atoms with E-state index in [2.05, 4.69) is 4.99 Å². The second-order valence-corrected chi connectivity index (χ2v) is 4.45. The molecule has 0 unspecified atom stereocenters. The van der Waals surface area contributed by atoms with E-state index in [9.17, 15) is 4.39 Å². The molecule has 0 aromatic heterocycles. The van der Waals surface area contributed by atoms with Crippen molar-refractivity contribution in [3.05, 3.63) is 29.6 Å².